The van der Waals surface area contributed by atoms with Gasteiger partial charge in [0.05, 0.1) is 22.8 Å². The van der Waals surface area contributed by atoms with Crippen molar-refractivity contribution in [3.05, 3.63) is 70.3 Å². The Bertz CT molecular complexity index is 1430. The number of aliphatic carboxylic acids is 2. The Hall–Kier alpha value is -3.66. The third kappa shape index (κ3) is 6.31. The summed E-state index contributed by atoms with van der Waals surface area (Å²) in [5, 5.41) is 18.4. The van der Waals surface area contributed by atoms with Gasteiger partial charge >= 0.3 is 11.9 Å². The number of carboxylic acid groups (broad SMARTS) is 2. The van der Waals surface area contributed by atoms with Gasteiger partial charge in [-0.25, -0.2) is 9.97 Å². The van der Waals surface area contributed by atoms with Crippen LogP contribution in [-0.2, 0) is 39.2 Å². The molecule has 0 fully saturated rings. The van der Waals surface area contributed by atoms with Crippen LogP contribution in [-0.4, -0.2) is 42.1 Å². The second-order valence-electron chi connectivity index (χ2n) is 8.28. The topological polar surface area (TPSA) is 132 Å². The maximum absolute atomic E-state index is 11.2. The second-order valence-corrected chi connectivity index (χ2v) is 8.28. The van der Waals surface area contributed by atoms with Gasteiger partial charge in [-0.05, 0) is 84.7 Å². The minimum Gasteiger partial charge on any atom is -0.481 e. The molecule has 1 radical (unpaired) electrons. The molecule has 5 heterocycles. The number of aryl methyl sites for hydroxylation is 2. The van der Waals surface area contributed by atoms with Crippen LogP contribution in [0.1, 0.15) is 46.7 Å². The van der Waals surface area contributed by atoms with Crippen LogP contribution in [0.4, 0.5) is 0 Å². The van der Waals surface area contributed by atoms with E-state index >= 15 is 0 Å². The molecule has 0 aromatic carbocycles. The summed E-state index contributed by atoms with van der Waals surface area (Å²) in [6.45, 7) is 0. The molecule has 2 aliphatic rings. The predicted octanol–water partition coefficient (Wildman–Crippen LogP) is 5.11. The zero-order chi connectivity index (χ0) is 23.7. The van der Waals surface area contributed by atoms with Gasteiger partial charge in [0.1, 0.15) is 0 Å². The van der Waals surface area contributed by atoms with E-state index in [1.807, 2.05) is 60.7 Å². The van der Waals surface area contributed by atoms with Crippen LogP contribution in [0.2, 0.25) is 0 Å². The second kappa shape index (κ2) is 11.4. The molecule has 0 saturated heterocycles. The molecule has 8 nitrogen and oxygen atoms in total. The number of H-pyrrole nitrogens is 2. The van der Waals surface area contributed by atoms with Crippen molar-refractivity contribution in [3.8, 4) is 0 Å². The summed E-state index contributed by atoms with van der Waals surface area (Å²) in [5.74, 6) is -1.73. The smallest absolute Gasteiger partial charge is 0.303 e. The molecule has 2 aliphatic heterocycles. The van der Waals surface area contributed by atoms with Crippen molar-refractivity contribution in [1.29, 1.82) is 0 Å². The Kier molecular flexibility index (Phi) is 8.52. The number of hydrogen-bond acceptors (Lipinski definition) is 4. The van der Waals surface area contributed by atoms with Gasteiger partial charge in [0.2, 0.25) is 0 Å². The van der Waals surface area contributed by atoms with E-state index in [4.69, 9.17) is 0 Å². The summed E-state index contributed by atoms with van der Waals surface area (Å²) in [4.78, 5) is 38.4. The number of hydrogen-bond donors (Lipinski definition) is 4. The van der Waals surface area contributed by atoms with Gasteiger partial charge in [0.15, 0.2) is 0 Å². The fourth-order valence-corrected chi connectivity index (χ4v) is 4.11. The van der Waals surface area contributed by atoms with E-state index in [1.54, 1.807) is 0 Å². The number of fused-ring (bicyclic) bond motifs is 8. The molecule has 10 heteroatoms. The molecule has 0 unspecified atom stereocenters. The quantitative estimate of drug-likeness (QED) is 0.233. The summed E-state index contributed by atoms with van der Waals surface area (Å²) in [6.07, 6.45) is 8.43. The number of nitrogens with one attached hydrogen (secondary N) is 2. The summed E-state index contributed by atoms with van der Waals surface area (Å²) in [7, 11) is 0. The van der Waals surface area contributed by atoms with E-state index in [-0.39, 0.29) is 42.0 Å². The van der Waals surface area contributed by atoms with Gasteiger partial charge in [-0.1, -0.05) is 0 Å². The Morgan fingerprint density at radius 3 is 1.42 bits per heavy atom. The van der Waals surface area contributed by atoms with Gasteiger partial charge in [-0.3, -0.25) is 9.59 Å². The van der Waals surface area contributed by atoms with Crippen molar-refractivity contribution in [1.82, 2.24) is 19.9 Å². The zero-order valence-corrected chi connectivity index (χ0v) is 20.8. The van der Waals surface area contributed by atoms with Crippen molar-refractivity contribution in [2.75, 3.05) is 0 Å². The summed E-state index contributed by atoms with van der Waals surface area (Å²) < 4.78 is 0. The van der Waals surface area contributed by atoms with Gasteiger partial charge in [0.25, 0.3) is 0 Å². The Balaban J connectivity index is 0.00000180. The molecule has 3 aromatic rings. The third-order valence-electron chi connectivity index (χ3n) is 5.68. The number of aromatic amines is 2. The van der Waals surface area contributed by atoms with Gasteiger partial charge in [0, 0.05) is 51.7 Å². The molecule has 0 aliphatic carbocycles. The summed E-state index contributed by atoms with van der Waals surface area (Å²) in [5.41, 5.74) is 8.04. The number of aromatic nitrogens is 4. The minimum absolute atomic E-state index is 0. The monoisotopic (exact) mass is 549 g/mol. The molecule has 0 atom stereocenters. The van der Waals surface area contributed by atoms with E-state index in [9.17, 15) is 19.8 Å². The Morgan fingerprint density at radius 2 is 1.03 bits per heavy atom. The zero-order valence-electron chi connectivity index (χ0n) is 18.9. The molecular weight excluding hydrogens is 527 g/mol. The molecule has 8 bridgehead atoms. The van der Waals surface area contributed by atoms with Crippen LogP contribution in [0.5, 0.6) is 0 Å². The fraction of sp³-hybridized carbons (Fsp3) is 0.154. The molecule has 0 saturated carbocycles. The van der Waals surface area contributed by atoms with Crippen LogP contribution >= 0.6 is 12.4 Å². The third-order valence-corrected chi connectivity index (χ3v) is 5.68. The molecule has 36 heavy (non-hydrogen) atoms. The molecule has 5 rings (SSSR count). The van der Waals surface area contributed by atoms with E-state index in [1.165, 1.54) is 0 Å². The van der Waals surface area contributed by atoms with Gasteiger partial charge in [-0.15, -0.1) is 12.4 Å². The SMILES string of the molecule is Cl.O=C(O)CCc1cc2cc3nc(cc4nc(cc5cc(CCC(=O)O)c(cc1[nH]2)[nH]5)C=C4)C=C3.[Co]. The van der Waals surface area contributed by atoms with E-state index in [2.05, 4.69) is 19.9 Å². The average Bonchev–Trinajstić information content (AvgIpc) is 3.55. The van der Waals surface area contributed by atoms with Gasteiger partial charge < -0.3 is 20.2 Å². The number of carboxylic acids is 2. The first-order valence-corrected chi connectivity index (χ1v) is 10.9. The first-order chi connectivity index (χ1) is 16.4. The molecule has 4 N–H and O–H groups in total. The number of nitrogens with zero attached hydrogens (tertiary/aromatic N) is 2. The maximum atomic E-state index is 11.2. The van der Waals surface area contributed by atoms with Crippen LogP contribution in [0.3, 0.4) is 0 Å². The molecule has 187 valence electrons. The number of rotatable bonds is 6. The molecule has 0 amide bonds. The van der Waals surface area contributed by atoms with E-state index in [0.29, 0.717) is 12.8 Å². The normalized spacial score (nSPS) is 11.6. The van der Waals surface area contributed by atoms with Gasteiger partial charge in [-0.2, -0.15) is 0 Å². The number of halogens is 1. The summed E-state index contributed by atoms with van der Waals surface area (Å²) in [6, 6.07) is 11.5. The summed E-state index contributed by atoms with van der Waals surface area (Å²) >= 11 is 0. The Morgan fingerprint density at radius 1 is 0.639 bits per heavy atom. The van der Waals surface area contributed by atoms with E-state index < -0.39 is 11.9 Å². The van der Waals surface area contributed by atoms with Crippen molar-refractivity contribution >= 4 is 70.7 Å². The van der Waals surface area contributed by atoms with E-state index in [0.717, 1.165) is 56.0 Å². The minimum atomic E-state index is -0.866. The maximum Gasteiger partial charge on any atom is 0.303 e. The van der Waals surface area contributed by atoms with Crippen LogP contribution in [0.15, 0.2) is 36.4 Å². The van der Waals surface area contributed by atoms with Crippen LogP contribution in [0, 0.1) is 0 Å². The average molecular weight is 550 g/mol. The van der Waals surface area contributed by atoms with Crippen molar-refractivity contribution < 1.29 is 36.6 Å². The first-order valence-electron chi connectivity index (χ1n) is 10.9. The van der Waals surface area contributed by atoms with Crippen molar-refractivity contribution in [2.45, 2.75) is 25.7 Å². The largest absolute Gasteiger partial charge is 0.481 e. The molecule has 3 aromatic heterocycles. The molecule has 0 spiro atoms. The van der Waals surface area contributed by atoms with Crippen molar-refractivity contribution in [3.63, 3.8) is 0 Å². The number of carbonyl (C=O) groups is 2. The standard InChI is InChI=1S/C26H22N4O4.ClH.Co/c31-25(32)7-1-15-9-21-12-19-5-3-17(27-19)11-18-4-6-20(28-18)13-22-10-16(2-8-26(33)34)24(30-22)14-23(15)29-21;;/h3-6,9-14,29-30H,1-2,7-8H2,(H,31,32)(H,33,34);1H;. The van der Waals surface area contributed by atoms with Crippen LogP contribution < -0.4 is 0 Å². The fourth-order valence-electron chi connectivity index (χ4n) is 4.11. The predicted molar refractivity (Wildman–Crippen MR) is 138 cm³/mol. The van der Waals surface area contributed by atoms with Crippen molar-refractivity contribution in [2.24, 2.45) is 0 Å². The Labute approximate surface area is 222 Å². The van der Waals surface area contributed by atoms with Crippen LogP contribution in [0.25, 0.3) is 46.4 Å². The molecular formula is C26H23ClCoN4O4. The first kappa shape index (κ1) is 26.9.